The summed E-state index contributed by atoms with van der Waals surface area (Å²) in [6.07, 6.45) is 3.04. The minimum atomic E-state index is -3.77. The second kappa shape index (κ2) is 6.69. The van der Waals surface area contributed by atoms with Gasteiger partial charge in [-0.25, -0.2) is 8.78 Å². The van der Waals surface area contributed by atoms with Crippen molar-refractivity contribution in [3.05, 3.63) is 65.5 Å². The molecule has 0 saturated heterocycles. The summed E-state index contributed by atoms with van der Waals surface area (Å²) in [5, 5.41) is 0. The van der Waals surface area contributed by atoms with Crippen molar-refractivity contribution in [1.82, 2.24) is 13.6 Å². The Labute approximate surface area is 134 Å². The van der Waals surface area contributed by atoms with Crippen molar-refractivity contribution >= 4 is 10.2 Å². The van der Waals surface area contributed by atoms with Crippen LogP contribution in [0.25, 0.3) is 0 Å². The van der Waals surface area contributed by atoms with Gasteiger partial charge in [-0.15, -0.1) is 0 Å². The third kappa shape index (κ3) is 3.54. The van der Waals surface area contributed by atoms with E-state index in [0.29, 0.717) is 11.1 Å². The van der Waals surface area contributed by atoms with E-state index in [-0.39, 0.29) is 0 Å². The van der Waals surface area contributed by atoms with Crippen LogP contribution in [-0.4, -0.2) is 43.2 Å². The molecule has 0 spiro atoms. The van der Waals surface area contributed by atoms with Gasteiger partial charge >= 0.3 is 0 Å². The molecule has 0 aliphatic carbocycles. The van der Waals surface area contributed by atoms with Crippen molar-refractivity contribution in [2.75, 3.05) is 21.1 Å². The normalized spacial score (nSPS) is 13.5. The van der Waals surface area contributed by atoms with E-state index in [4.69, 9.17) is 0 Å². The van der Waals surface area contributed by atoms with Gasteiger partial charge in [-0.3, -0.25) is 4.98 Å². The van der Waals surface area contributed by atoms with Gasteiger partial charge in [0.25, 0.3) is 10.2 Å². The zero-order valence-corrected chi connectivity index (χ0v) is 13.8. The molecule has 0 radical (unpaired) electrons. The van der Waals surface area contributed by atoms with Crippen LogP contribution in [0.3, 0.4) is 0 Å². The van der Waals surface area contributed by atoms with E-state index in [0.717, 1.165) is 20.7 Å². The highest BCUT2D eigenvalue weighted by Crippen LogP contribution is 2.30. The SMILES string of the molecule is CN(C)S(=O)(=O)N(C)[C@@H](c1cccnc1)c1ccc(F)c(F)c1. The maximum absolute atomic E-state index is 13.6. The molecule has 124 valence electrons. The minimum Gasteiger partial charge on any atom is -0.264 e. The smallest absolute Gasteiger partial charge is 0.264 e. The zero-order chi connectivity index (χ0) is 17.2. The van der Waals surface area contributed by atoms with Crippen molar-refractivity contribution < 1.29 is 17.2 Å². The third-order valence-corrected chi connectivity index (χ3v) is 5.31. The standard InChI is InChI=1S/C15H17F2N3O2S/c1-19(2)23(21,22)20(3)15(12-5-4-8-18-10-12)11-6-7-13(16)14(17)9-11/h4-10,15H,1-3H3/t15-/m1/s1. The topological polar surface area (TPSA) is 53.5 Å². The summed E-state index contributed by atoms with van der Waals surface area (Å²) in [7, 11) is 0.411. The first-order chi connectivity index (χ1) is 10.7. The Hall–Kier alpha value is -1.90. The Balaban J connectivity index is 2.59. The molecule has 2 aromatic rings. The Morgan fingerprint density at radius 3 is 2.26 bits per heavy atom. The van der Waals surface area contributed by atoms with Crippen molar-refractivity contribution in [2.24, 2.45) is 0 Å². The molecule has 0 aliphatic rings. The van der Waals surface area contributed by atoms with Gasteiger partial charge in [0.1, 0.15) is 0 Å². The highest BCUT2D eigenvalue weighted by atomic mass is 32.2. The first-order valence-electron chi connectivity index (χ1n) is 6.75. The lowest BCUT2D eigenvalue weighted by molar-refractivity contribution is 0.377. The Morgan fingerprint density at radius 2 is 1.74 bits per heavy atom. The fraction of sp³-hybridized carbons (Fsp3) is 0.267. The number of aromatic nitrogens is 1. The van der Waals surface area contributed by atoms with Crippen LogP contribution in [0.5, 0.6) is 0 Å². The maximum atomic E-state index is 13.6. The molecule has 23 heavy (non-hydrogen) atoms. The van der Waals surface area contributed by atoms with Gasteiger partial charge in [0, 0.05) is 33.5 Å². The average Bonchev–Trinajstić information content (AvgIpc) is 2.51. The van der Waals surface area contributed by atoms with Crippen LogP contribution in [0.1, 0.15) is 17.2 Å². The molecule has 2 rings (SSSR count). The third-order valence-electron chi connectivity index (χ3n) is 3.45. The molecule has 1 aromatic carbocycles. The summed E-state index contributed by atoms with van der Waals surface area (Å²) >= 11 is 0. The maximum Gasteiger partial charge on any atom is 0.282 e. The van der Waals surface area contributed by atoms with Crippen molar-refractivity contribution in [3.63, 3.8) is 0 Å². The largest absolute Gasteiger partial charge is 0.282 e. The summed E-state index contributed by atoms with van der Waals surface area (Å²) in [6, 6.07) is 5.83. The van der Waals surface area contributed by atoms with Crippen molar-refractivity contribution in [2.45, 2.75) is 6.04 Å². The van der Waals surface area contributed by atoms with E-state index in [9.17, 15) is 17.2 Å². The first kappa shape index (κ1) is 17.5. The first-order valence-corrected chi connectivity index (χ1v) is 8.15. The number of hydrogen-bond donors (Lipinski definition) is 0. The molecule has 0 aliphatic heterocycles. The number of pyridine rings is 1. The molecule has 1 heterocycles. The summed E-state index contributed by atoms with van der Waals surface area (Å²) in [4.78, 5) is 3.98. The van der Waals surface area contributed by atoms with Crippen molar-refractivity contribution in [3.8, 4) is 0 Å². The summed E-state index contributed by atoms with van der Waals surface area (Å²) in [6.45, 7) is 0. The van der Waals surface area contributed by atoms with Gasteiger partial charge < -0.3 is 0 Å². The molecule has 0 fully saturated rings. The molecule has 1 aromatic heterocycles. The van der Waals surface area contributed by atoms with Gasteiger partial charge in [-0.1, -0.05) is 12.1 Å². The van der Waals surface area contributed by atoms with Gasteiger partial charge in [0.15, 0.2) is 11.6 Å². The Morgan fingerprint density at radius 1 is 1.04 bits per heavy atom. The van der Waals surface area contributed by atoms with Gasteiger partial charge in [-0.2, -0.15) is 17.0 Å². The predicted octanol–water partition coefficient (Wildman–Crippen LogP) is 2.19. The second-order valence-corrected chi connectivity index (χ2v) is 7.37. The number of benzene rings is 1. The molecule has 1 atom stereocenters. The van der Waals surface area contributed by atoms with Gasteiger partial charge in [0.2, 0.25) is 0 Å². The van der Waals surface area contributed by atoms with E-state index in [1.54, 1.807) is 18.3 Å². The van der Waals surface area contributed by atoms with Gasteiger partial charge in [0.05, 0.1) is 6.04 Å². The van der Waals surface area contributed by atoms with Crippen LogP contribution in [0.2, 0.25) is 0 Å². The molecule has 0 unspecified atom stereocenters. The fourth-order valence-electron chi connectivity index (χ4n) is 2.22. The summed E-state index contributed by atoms with van der Waals surface area (Å²) in [5.74, 6) is -2.02. The predicted molar refractivity (Wildman–Crippen MR) is 82.8 cm³/mol. The molecule has 8 heteroatoms. The van der Waals surface area contributed by atoms with E-state index in [1.165, 1.54) is 33.4 Å². The molecule has 0 bridgehead atoms. The lowest BCUT2D eigenvalue weighted by Crippen LogP contribution is -2.40. The number of rotatable bonds is 5. The van der Waals surface area contributed by atoms with Crippen LogP contribution in [0, 0.1) is 11.6 Å². The van der Waals surface area contributed by atoms with Crippen LogP contribution in [0.15, 0.2) is 42.7 Å². The van der Waals surface area contributed by atoms with Crippen LogP contribution in [0.4, 0.5) is 8.78 Å². The van der Waals surface area contributed by atoms with Crippen molar-refractivity contribution in [1.29, 1.82) is 0 Å². The molecule has 0 N–H and O–H groups in total. The monoisotopic (exact) mass is 341 g/mol. The second-order valence-electron chi connectivity index (χ2n) is 5.17. The number of nitrogens with zero attached hydrogens (tertiary/aromatic N) is 3. The number of hydrogen-bond acceptors (Lipinski definition) is 3. The van der Waals surface area contributed by atoms with Crippen LogP contribution < -0.4 is 0 Å². The van der Waals surface area contributed by atoms with E-state index >= 15 is 0 Å². The van der Waals surface area contributed by atoms with Crippen LogP contribution in [-0.2, 0) is 10.2 Å². The highest BCUT2D eigenvalue weighted by Gasteiger charge is 2.31. The number of halogens is 2. The lowest BCUT2D eigenvalue weighted by atomic mass is 10.0. The van der Waals surface area contributed by atoms with Gasteiger partial charge in [-0.05, 0) is 29.3 Å². The fourth-order valence-corrected chi connectivity index (χ4v) is 3.25. The minimum absolute atomic E-state index is 0.310. The zero-order valence-electron chi connectivity index (χ0n) is 12.9. The quantitative estimate of drug-likeness (QED) is 0.838. The average molecular weight is 341 g/mol. The van der Waals surface area contributed by atoms with E-state index < -0.39 is 27.9 Å². The molecular formula is C15H17F2N3O2S. The Kier molecular flexibility index (Phi) is 5.08. The Bertz CT molecular complexity index is 783. The summed E-state index contributed by atoms with van der Waals surface area (Å²) < 4.78 is 53.8. The highest BCUT2D eigenvalue weighted by molar-refractivity contribution is 7.86. The van der Waals surface area contributed by atoms with E-state index in [1.807, 2.05) is 0 Å². The van der Waals surface area contributed by atoms with Crippen LogP contribution >= 0.6 is 0 Å². The lowest BCUT2D eigenvalue weighted by Gasteiger charge is -2.30. The molecule has 0 amide bonds. The molecule has 0 saturated carbocycles. The molecular weight excluding hydrogens is 324 g/mol. The van der Waals surface area contributed by atoms with E-state index in [2.05, 4.69) is 4.98 Å². The summed E-state index contributed by atoms with van der Waals surface area (Å²) in [5.41, 5.74) is 0.858. The molecule has 5 nitrogen and oxygen atoms in total.